The minimum atomic E-state index is -6.28. The first-order chi connectivity index (χ1) is 16.1. The van der Waals surface area contributed by atoms with Crippen LogP contribution < -0.4 is 5.32 Å². The first kappa shape index (κ1) is 25.9. The molecule has 0 amide bonds. The fourth-order valence-corrected chi connectivity index (χ4v) is 8.23. The van der Waals surface area contributed by atoms with Gasteiger partial charge in [0.05, 0.1) is 4.90 Å². The highest BCUT2D eigenvalue weighted by Crippen LogP contribution is 2.57. The van der Waals surface area contributed by atoms with Gasteiger partial charge in [-0.1, -0.05) is 31.5 Å². The number of rotatable bonds is 4. The van der Waals surface area contributed by atoms with E-state index in [1.165, 1.54) is 0 Å². The van der Waals surface area contributed by atoms with Crippen LogP contribution >= 0.6 is 0 Å². The number of hydrogen-bond acceptors (Lipinski definition) is 3. The summed E-state index contributed by atoms with van der Waals surface area (Å²) in [6.07, 6.45) is -12.2. The molecule has 3 atom stereocenters. The van der Waals surface area contributed by atoms with Crippen LogP contribution in [0.15, 0.2) is 47.4 Å². The van der Waals surface area contributed by atoms with Crippen LogP contribution in [0.25, 0.3) is 0 Å². The van der Waals surface area contributed by atoms with Crippen molar-refractivity contribution in [2.24, 2.45) is 5.92 Å². The topological polar surface area (TPSA) is 46.2 Å². The summed E-state index contributed by atoms with van der Waals surface area (Å²) < 4.78 is 135. The number of fused-ring (bicyclic) bond motifs is 3. The molecule has 1 N–H and O–H groups in total. The summed E-state index contributed by atoms with van der Waals surface area (Å²) >= 11 is 0. The Labute approximate surface area is 196 Å². The molecule has 1 aliphatic heterocycles. The lowest BCUT2D eigenvalue weighted by molar-refractivity contribution is -0.348. The second-order valence-corrected chi connectivity index (χ2v) is 11.0. The average Bonchev–Trinajstić information content (AvgIpc) is 3.17. The number of nitrogens with one attached hydrogen (secondary N) is 1. The zero-order chi connectivity index (χ0) is 26.0. The molecule has 3 unspecified atom stereocenters. The smallest absolute Gasteiger partial charge is 0.312 e. The predicted molar refractivity (Wildman–Crippen MR) is 110 cm³/mol. The molecule has 2 aromatic carbocycles. The third-order valence-electron chi connectivity index (χ3n) is 7.20. The van der Waals surface area contributed by atoms with Crippen molar-refractivity contribution >= 4 is 9.84 Å². The molecule has 3 nitrogen and oxygen atoms in total. The van der Waals surface area contributed by atoms with Crippen molar-refractivity contribution in [3.8, 4) is 0 Å². The van der Waals surface area contributed by atoms with E-state index in [2.05, 4.69) is 5.32 Å². The second-order valence-electron chi connectivity index (χ2n) is 8.88. The summed E-state index contributed by atoms with van der Waals surface area (Å²) in [5, 5.41) is 3.13. The van der Waals surface area contributed by atoms with Crippen molar-refractivity contribution in [1.82, 2.24) is 5.32 Å². The number of hydrogen-bond donors (Lipinski definition) is 1. The first-order valence-electron chi connectivity index (χ1n) is 10.8. The Kier molecular flexibility index (Phi) is 6.03. The molecule has 0 radical (unpaired) electrons. The van der Waals surface area contributed by atoms with E-state index in [-0.39, 0.29) is 35.4 Å². The number of halogens is 8. The normalized spacial score (nSPS) is 25.3. The number of benzene rings is 2. The Morgan fingerprint density at radius 1 is 0.971 bits per heavy atom. The molecule has 192 valence electrons. The summed E-state index contributed by atoms with van der Waals surface area (Å²) in [5.41, 5.74) is -7.33. The Bertz CT molecular complexity index is 1210. The fraction of sp³-hybridized carbons (Fsp3) is 0.478. The highest BCUT2D eigenvalue weighted by Gasteiger charge is 2.73. The summed E-state index contributed by atoms with van der Waals surface area (Å²) in [7, 11) is -4.32. The lowest BCUT2D eigenvalue weighted by Gasteiger charge is -2.44. The largest absolute Gasteiger partial charge is 0.435 e. The van der Waals surface area contributed by atoms with Crippen molar-refractivity contribution < 1.29 is 43.5 Å². The molecule has 2 aliphatic rings. The molecule has 1 saturated heterocycles. The van der Waals surface area contributed by atoms with Crippen molar-refractivity contribution in [2.45, 2.75) is 59.9 Å². The first-order valence-corrected chi connectivity index (χ1v) is 12.3. The van der Waals surface area contributed by atoms with E-state index in [9.17, 15) is 43.5 Å². The number of aryl methyl sites for hydroxylation is 1. The van der Waals surface area contributed by atoms with Gasteiger partial charge in [-0.2, -0.15) is 26.3 Å². The van der Waals surface area contributed by atoms with Crippen molar-refractivity contribution in [3.63, 3.8) is 0 Å². The molecule has 35 heavy (non-hydrogen) atoms. The van der Waals surface area contributed by atoms with Gasteiger partial charge in [-0.15, -0.1) is 0 Å². The second kappa shape index (κ2) is 8.16. The summed E-state index contributed by atoms with van der Waals surface area (Å²) in [5.74, 6) is -1.27. The van der Waals surface area contributed by atoms with E-state index in [1.807, 2.05) is 0 Å². The molecule has 4 rings (SSSR count). The molecule has 0 bridgehead atoms. The third kappa shape index (κ3) is 3.50. The standard InChI is InChI=1S/C23H21F8NO2S/c1-2-14-12-32-19-10-3-13-11-15(21(25,22(26,27)28)23(29,30)31)4-9-18(13)20(14,19)35(33,34)17-7-5-16(24)6-8-17/h4-9,11,14,19,32H,2-3,10,12H2,1H3. The van der Waals surface area contributed by atoms with Crippen LogP contribution in [0.1, 0.15) is 36.5 Å². The maximum atomic E-state index is 14.7. The Hall–Kier alpha value is -2.21. The van der Waals surface area contributed by atoms with E-state index < -0.39 is 55.9 Å². The maximum Gasteiger partial charge on any atom is 0.435 e. The lowest BCUT2D eigenvalue weighted by Crippen LogP contribution is -2.53. The fourth-order valence-electron chi connectivity index (χ4n) is 5.59. The van der Waals surface area contributed by atoms with E-state index in [1.54, 1.807) is 6.92 Å². The number of sulfone groups is 1. The van der Waals surface area contributed by atoms with Crippen LogP contribution in [0.4, 0.5) is 35.1 Å². The number of alkyl halides is 7. The minimum absolute atomic E-state index is 0.0328. The van der Waals surface area contributed by atoms with Crippen LogP contribution in [0.2, 0.25) is 0 Å². The molecule has 1 aliphatic carbocycles. The van der Waals surface area contributed by atoms with Gasteiger partial charge in [-0.05, 0) is 54.2 Å². The summed E-state index contributed by atoms with van der Waals surface area (Å²) in [4.78, 5) is -0.228. The highest BCUT2D eigenvalue weighted by molar-refractivity contribution is 7.92. The van der Waals surface area contributed by atoms with Crippen molar-refractivity contribution in [3.05, 3.63) is 65.0 Å². The van der Waals surface area contributed by atoms with Crippen LogP contribution in [-0.4, -0.2) is 33.4 Å². The van der Waals surface area contributed by atoms with Crippen LogP contribution in [-0.2, 0) is 26.7 Å². The van der Waals surface area contributed by atoms with Gasteiger partial charge in [0.1, 0.15) is 10.6 Å². The highest BCUT2D eigenvalue weighted by atomic mass is 32.2. The van der Waals surface area contributed by atoms with E-state index in [4.69, 9.17) is 0 Å². The van der Waals surface area contributed by atoms with Gasteiger partial charge < -0.3 is 5.32 Å². The van der Waals surface area contributed by atoms with Crippen LogP contribution in [0.3, 0.4) is 0 Å². The van der Waals surface area contributed by atoms with E-state index >= 15 is 0 Å². The SMILES string of the molecule is CCC1CNC2CCc3cc(C(F)(C(F)(F)F)C(F)(F)F)ccc3C12S(=O)(=O)c1ccc(F)cc1. The molecule has 12 heteroatoms. The molecule has 2 aromatic rings. The third-order valence-corrected chi connectivity index (χ3v) is 9.82. The van der Waals surface area contributed by atoms with Crippen LogP contribution in [0, 0.1) is 11.7 Å². The van der Waals surface area contributed by atoms with Gasteiger partial charge >= 0.3 is 18.0 Å². The quantitative estimate of drug-likeness (QED) is 0.408. The monoisotopic (exact) mass is 527 g/mol. The van der Waals surface area contributed by atoms with E-state index in [0.29, 0.717) is 18.6 Å². The van der Waals surface area contributed by atoms with E-state index in [0.717, 1.165) is 30.3 Å². The zero-order valence-electron chi connectivity index (χ0n) is 18.3. The van der Waals surface area contributed by atoms with Gasteiger partial charge in [0.2, 0.25) is 0 Å². The zero-order valence-corrected chi connectivity index (χ0v) is 19.1. The summed E-state index contributed by atoms with van der Waals surface area (Å²) in [6.45, 7) is 1.96. The van der Waals surface area contributed by atoms with Gasteiger partial charge in [0.15, 0.2) is 9.84 Å². The maximum absolute atomic E-state index is 14.7. The van der Waals surface area contributed by atoms with Gasteiger partial charge in [0, 0.05) is 18.2 Å². The van der Waals surface area contributed by atoms with Gasteiger partial charge in [0.25, 0.3) is 0 Å². The molecular weight excluding hydrogens is 506 g/mol. The average molecular weight is 527 g/mol. The molecule has 1 heterocycles. The lowest BCUT2D eigenvalue weighted by atomic mass is 9.72. The minimum Gasteiger partial charge on any atom is -0.312 e. The Morgan fingerprint density at radius 2 is 1.57 bits per heavy atom. The predicted octanol–water partition coefficient (Wildman–Crippen LogP) is 5.73. The molecule has 0 aromatic heterocycles. The van der Waals surface area contributed by atoms with Crippen molar-refractivity contribution in [1.29, 1.82) is 0 Å². The molecule has 0 saturated carbocycles. The van der Waals surface area contributed by atoms with Gasteiger partial charge in [-0.25, -0.2) is 17.2 Å². The van der Waals surface area contributed by atoms with Crippen LogP contribution in [0.5, 0.6) is 0 Å². The Morgan fingerprint density at radius 3 is 2.11 bits per heavy atom. The van der Waals surface area contributed by atoms with Gasteiger partial charge in [-0.3, -0.25) is 0 Å². The van der Waals surface area contributed by atoms with Crippen molar-refractivity contribution in [2.75, 3.05) is 6.54 Å². The molecular formula is C23H21F8NO2S. The molecule has 1 fully saturated rings. The Balaban J connectivity index is 1.98. The summed E-state index contributed by atoms with van der Waals surface area (Å²) in [6, 6.07) is 5.10. The molecule has 0 spiro atoms.